The molecule has 2 heterocycles. The lowest BCUT2D eigenvalue weighted by Crippen LogP contribution is -2.13. The minimum absolute atomic E-state index is 0.0214. The molecule has 4 rings (SSSR count). The lowest BCUT2D eigenvalue weighted by Gasteiger charge is -2.14. The van der Waals surface area contributed by atoms with E-state index in [1.54, 1.807) is 42.7 Å². The number of aromatic nitrogens is 3. The van der Waals surface area contributed by atoms with E-state index in [1.807, 2.05) is 6.07 Å². The van der Waals surface area contributed by atoms with Gasteiger partial charge in [-0.15, -0.1) is 0 Å². The van der Waals surface area contributed by atoms with E-state index in [-0.39, 0.29) is 23.2 Å². The van der Waals surface area contributed by atoms with Crippen LogP contribution in [-0.4, -0.2) is 20.9 Å². The van der Waals surface area contributed by atoms with Gasteiger partial charge in [-0.2, -0.15) is 26.3 Å². The average Bonchev–Trinajstić information content (AvgIpc) is 2.87. The van der Waals surface area contributed by atoms with Crippen LogP contribution in [-0.2, 0) is 17.1 Å². The smallest absolute Gasteiger partial charge is 0.366 e. The Labute approximate surface area is 206 Å². The van der Waals surface area contributed by atoms with E-state index in [4.69, 9.17) is 5.73 Å². The first kappa shape index (κ1) is 25.5. The molecule has 2 aromatic heterocycles. The Hall–Kier alpha value is -4.54. The molecule has 2 aromatic carbocycles. The van der Waals surface area contributed by atoms with Crippen molar-refractivity contribution in [3.8, 4) is 22.5 Å². The Morgan fingerprint density at radius 2 is 1.43 bits per heavy atom. The Morgan fingerprint density at radius 3 is 1.97 bits per heavy atom. The van der Waals surface area contributed by atoms with Gasteiger partial charge in [-0.25, -0.2) is 9.97 Å². The van der Waals surface area contributed by atoms with Gasteiger partial charge in [-0.05, 0) is 53.1 Å². The topological polar surface area (TPSA) is 81.8 Å². The molecule has 0 unspecified atom stereocenters. The lowest BCUT2D eigenvalue weighted by atomic mass is 10.00. The van der Waals surface area contributed by atoms with Crippen molar-refractivity contribution in [1.29, 1.82) is 0 Å². The maximum absolute atomic E-state index is 13.2. The molecule has 0 bridgehead atoms. The summed E-state index contributed by atoms with van der Waals surface area (Å²) in [5, 5.41) is 0. The molecule has 0 fully saturated rings. The summed E-state index contributed by atoms with van der Waals surface area (Å²) in [5.74, 6) is -1.20. The van der Waals surface area contributed by atoms with Crippen molar-refractivity contribution in [2.45, 2.75) is 12.4 Å². The van der Waals surface area contributed by atoms with Crippen LogP contribution in [0.3, 0.4) is 0 Å². The van der Waals surface area contributed by atoms with E-state index < -0.39 is 35.0 Å². The van der Waals surface area contributed by atoms with Crippen molar-refractivity contribution >= 4 is 17.6 Å². The van der Waals surface area contributed by atoms with Crippen LogP contribution in [0.5, 0.6) is 0 Å². The van der Waals surface area contributed by atoms with E-state index in [9.17, 15) is 31.1 Å². The number of nitrogens with zero attached hydrogens (tertiary/aromatic N) is 3. The number of hydrogen-bond donors (Lipinski definition) is 1. The molecule has 0 radical (unpaired) electrons. The molecule has 5 nitrogen and oxygen atoms in total. The van der Waals surface area contributed by atoms with Crippen LogP contribution >= 0.6 is 0 Å². The average molecular weight is 514 g/mol. The van der Waals surface area contributed by atoms with Gasteiger partial charge in [0.05, 0.1) is 16.8 Å². The van der Waals surface area contributed by atoms with Gasteiger partial charge in [0.2, 0.25) is 5.91 Å². The summed E-state index contributed by atoms with van der Waals surface area (Å²) in [6.45, 7) is 0. The number of benzene rings is 2. The fourth-order valence-electron chi connectivity index (χ4n) is 3.50. The molecule has 4 aromatic rings. The lowest BCUT2D eigenvalue weighted by molar-refractivity contribution is -0.143. The van der Waals surface area contributed by atoms with Gasteiger partial charge >= 0.3 is 12.4 Å². The molecule has 188 valence electrons. The fraction of sp³-hybridized carbons (Fsp3) is 0.0769. The highest BCUT2D eigenvalue weighted by molar-refractivity contribution is 6.23. The van der Waals surface area contributed by atoms with Crippen LogP contribution in [0.4, 0.5) is 26.3 Å². The fourth-order valence-corrected chi connectivity index (χ4v) is 3.50. The van der Waals surface area contributed by atoms with Crippen molar-refractivity contribution in [3.63, 3.8) is 0 Å². The second-order valence-corrected chi connectivity index (χ2v) is 7.84. The van der Waals surface area contributed by atoms with Crippen molar-refractivity contribution in [2.75, 3.05) is 0 Å². The molecular formula is C26H16F6N4O. The summed E-state index contributed by atoms with van der Waals surface area (Å²) in [6, 6.07) is 12.8. The molecule has 0 saturated heterocycles. The summed E-state index contributed by atoms with van der Waals surface area (Å²) in [4.78, 5) is 24.1. The molecule has 0 aliphatic heterocycles. The molecule has 0 aliphatic rings. The van der Waals surface area contributed by atoms with Crippen molar-refractivity contribution in [3.05, 3.63) is 102 Å². The molecule has 37 heavy (non-hydrogen) atoms. The van der Waals surface area contributed by atoms with Gasteiger partial charge in [-0.1, -0.05) is 30.3 Å². The van der Waals surface area contributed by atoms with E-state index in [0.29, 0.717) is 17.7 Å². The highest BCUT2D eigenvalue weighted by atomic mass is 19.4. The third kappa shape index (κ3) is 6.00. The first-order chi connectivity index (χ1) is 17.4. The summed E-state index contributed by atoms with van der Waals surface area (Å²) >= 11 is 0. The second-order valence-electron chi connectivity index (χ2n) is 7.84. The van der Waals surface area contributed by atoms with Crippen LogP contribution < -0.4 is 5.73 Å². The standard InChI is InChI=1S/C26H16F6N4O/c27-25(28,29)19-10-18(11-20(12-19)26(30,31)32)24-35-9-7-21(36-24)13-22(23(33)37)16-5-3-15(4-6-16)17-2-1-8-34-14-17/h1-14H,(H2,33,37)/b22-13+. The summed E-state index contributed by atoms with van der Waals surface area (Å²) in [7, 11) is 0. The molecule has 0 saturated carbocycles. The number of rotatable bonds is 5. The Kier molecular flexibility index (Phi) is 6.80. The van der Waals surface area contributed by atoms with E-state index in [2.05, 4.69) is 15.0 Å². The number of alkyl halides is 6. The summed E-state index contributed by atoms with van der Waals surface area (Å²) < 4.78 is 79.5. The van der Waals surface area contributed by atoms with Gasteiger partial charge in [0.1, 0.15) is 0 Å². The van der Waals surface area contributed by atoms with Crippen molar-refractivity contribution in [2.24, 2.45) is 5.73 Å². The first-order valence-electron chi connectivity index (χ1n) is 10.6. The van der Waals surface area contributed by atoms with Crippen molar-refractivity contribution < 1.29 is 31.1 Å². The zero-order chi connectivity index (χ0) is 26.8. The number of carbonyl (C=O) groups excluding carboxylic acids is 1. The van der Waals surface area contributed by atoms with Crippen LogP contribution in [0.25, 0.3) is 34.2 Å². The molecule has 1 amide bonds. The van der Waals surface area contributed by atoms with E-state index in [1.165, 1.54) is 12.1 Å². The highest BCUT2D eigenvalue weighted by Gasteiger charge is 2.37. The predicted octanol–water partition coefficient (Wildman–Crippen LogP) is 6.27. The Morgan fingerprint density at radius 1 is 0.784 bits per heavy atom. The van der Waals surface area contributed by atoms with Gasteiger partial charge < -0.3 is 5.73 Å². The zero-order valence-electron chi connectivity index (χ0n) is 18.7. The Balaban J connectivity index is 1.74. The number of nitrogens with two attached hydrogens (primary N) is 1. The predicted molar refractivity (Wildman–Crippen MR) is 124 cm³/mol. The summed E-state index contributed by atoms with van der Waals surface area (Å²) in [6.07, 6.45) is -4.30. The van der Waals surface area contributed by atoms with Gasteiger partial charge in [0.25, 0.3) is 0 Å². The third-order valence-corrected chi connectivity index (χ3v) is 5.27. The SMILES string of the molecule is NC(=O)/C(=C/c1ccnc(-c2cc(C(F)(F)F)cc(C(F)(F)F)c2)n1)c1ccc(-c2cccnc2)cc1. The molecule has 0 atom stereocenters. The largest absolute Gasteiger partial charge is 0.416 e. The molecule has 11 heteroatoms. The highest BCUT2D eigenvalue weighted by Crippen LogP contribution is 2.38. The minimum Gasteiger partial charge on any atom is -0.366 e. The van der Waals surface area contributed by atoms with Gasteiger partial charge in [0, 0.05) is 29.7 Å². The van der Waals surface area contributed by atoms with E-state index in [0.717, 1.165) is 17.3 Å². The second kappa shape index (κ2) is 9.84. The van der Waals surface area contributed by atoms with Crippen LogP contribution in [0.2, 0.25) is 0 Å². The van der Waals surface area contributed by atoms with Crippen LogP contribution in [0, 0.1) is 0 Å². The summed E-state index contributed by atoms with van der Waals surface area (Å²) in [5.41, 5.74) is 4.26. The third-order valence-electron chi connectivity index (χ3n) is 5.27. The Bertz CT molecular complexity index is 1430. The number of amides is 1. The monoisotopic (exact) mass is 514 g/mol. The minimum atomic E-state index is -5.02. The number of primary amides is 1. The van der Waals surface area contributed by atoms with E-state index >= 15 is 0 Å². The maximum Gasteiger partial charge on any atom is 0.416 e. The number of halogens is 6. The first-order valence-corrected chi connectivity index (χ1v) is 10.6. The normalized spacial score (nSPS) is 12.4. The number of pyridine rings is 1. The van der Waals surface area contributed by atoms with Crippen molar-refractivity contribution in [1.82, 2.24) is 15.0 Å². The molecule has 0 spiro atoms. The number of carbonyl (C=O) groups is 1. The van der Waals surface area contributed by atoms with Crippen LogP contribution in [0.15, 0.2) is 79.3 Å². The van der Waals surface area contributed by atoms with Gasteiger partial charge in [-0.3, -0.25) is 9.78 Å². The zero-order valence-corrected chi connectivity index (χ0v) is 18.7. The van der Waals surface area contributed by atoms with Crippen LogP contribution in [0.1, 0.15) is 22.4 Å². The maximum atomic E-state index is 13.2. The number of hydrogen-bond acceptors (Lipinski definition) is 4. The molecule has 2 N–H and O–H groups in total. The molecular weight excluding hydrogens is 498 g/mol. The quantitative estimate of drug-likeness (QED) is 0.252. The molecule has 0 aliphatic carbocycles. The van der Waals surface area contributed by atoms with Gasteiger partial charge in [0.15, 0.2) is 5.82 Å².